The van der Waals surface area contributed by atoms with Crippen molar-refractivity contribution in [2.24, 2.45) is 11.3 Å². The summed E-state index contributed by atoms with van der Waals surface area (Å²) in [6, 6.07) is 0. The van der Waals surface area contributed by atoms with Crippen LogP contribution in [0.1, 0.15) is 79.6 Å². The third kappa shape index (κ3) is 3.45. The fraction of sp³-hybridized carbons (Fsp3) is 0.700. The van der Waals surface area contributed by atoms with Gasteiger partial charge in [-0.15, -0.1) is 0 Å². The summed E-state index contributed by atoms with van der Waals surface area (Å²) in [5.41, 5.74) is 6.98. The Hall–Kier alpha value is -0.780. The maximum absolute atomic E-state index is 2.52. The fourth-order valence-corrected chi connectivity index (χ4v) is 4.06. The summed E-state index contributed by atoms with van der Waals surface area (Å²) < 4.78 is 0. The molecule has 0 saturated heterocycles. The van der Waals surface area contributed by atoms with Gasteiger partial charge in [0, 0.05) is 0 Å². The molecule has 112 valence electrons. The maximum atomic E-state index is 2.52. The van der Waals surface area contributed by atoms with Crippen molar-refractivity contribution in [3.8, 4) is 0 Å². The molecule has 2 aliphatic rings. The van der Waals surface area contributed by atoms with E-state index in [0.29, 0.717) is 5.41 Å². The molecule has 0 aromatic rings. The van der Waals surface area contributed by atoms with Gasteiger partial charge in [-0.1, -0.05) is 48.3 Å². The summed E-state index contributed by atoms with van der Waals surface area (Å²) in [6.07, 6.45) is 14.0. The lowest BCUT2D eigenvalue weighted by Gasteiger charge is -2.42. The van der Waals surface area contributed by atoms with E-state index in [-0.39, 0.29) is 0 Å². The van der Waals surface area contributed by atoms with E-state index in [1.165, 1.54) is 44.9 Å². The Bertz CT molecular complexity index is 443. The number of hydrogen-bond donors (Lipinski definition) is 0. The van der Waals surface area contributed by atoms with Crippen molar-refractivity contribution in [1.82, 2.24) is 0 Å². The first-order chi connectivity index (χ1) is 9.41. The fourth-order valence-electron chi connectivity index (χ4n) is 4.06. The third-order valence-corrected chi connectivity index (χ3v) is 5.73. The van der Waals surface area contributed by atoms with E-state index in [9.17, 15) is 0 Å². The minimum Gasteiger partial charge on any atom is -0.0853 e. The smallest absolute Gasteiger partial charge is 0.0111 e. The molecule has 2 aliphatic carbocycles. The van der Waals surface area contributed by atoms with Crippen LogP contribution in [0.4, 0.5) is 0 Å². The van der Waals surface area contributed by atoms with Crippen molar-refractivity contribution in [2.45, 2.75) is 79.6 Å². The summed E-state index contributed by atoms with van der Waals surface area (Å²) in [5, 5.41) is 0. The predicted molar refractivity (Wildman–Crippen MR) is 89.8 cm³/mol. The van der Waals surface area contributed by atoms with Gasteiger partial charge in [-0.05, 0) is 77.0 Å². The monoisotopic (exact) mass is 272 g/mol. The highest BCUT2D eigenvalue weighted by molar-refractivity contribution is 5.26. The van der Waals surface area contributed by atoms with Crippen molar-refractivity contribution in [2.75, 3.05) is 0 Å². The highest BCUT2D eigenvalue weighted by Crippen LogP contribution is 2.48. The molecule has 0 amide bonds. The number of rotatable bonds is 0. The molecule has 0 fully saturated rings. The van der Waals surface area contributed by atoms with Crippen LogP contribution < -0.4 is 0 Å². The van der Waals surface area contributed by atoms with Crippen LogP contribution in [0.3, 0.4) is 0 Å². The molecule has 0 nitrogen and oxygen atoms in total. The summed E-state index contributed by atoms with van der Waals surface area (Å²) >= 11 is 0. The van der Waals surface area contributed by atoms with Gasteiger partial charge < -0.3 is 0 Å². The molecule has 2 bridgehead atoms. The second kappa shape index (κ2) is 6.33. The van der Waals surface area contributed by atoms with Gasteiger partial charge in [0.25, 0.3) is 0 Å². The quantitative estimate of drug-likeness (QED) is 0.436. The van der Waals surface area contributed by atoms with Gasteiger partial charge in [-0.2, -0.15) is 0 Å². The lowest BCUT2D eigenvalue weighted by Crippen LogP contribution is -2.30. The Morgan fingerprint density at radius 3 is 2.35 bits per heavy atom. The normalized spacial score (nSPS) is 28.1. The zero-order chi connectivity index (χ0) is 14.8. The van der Waals surface area contributed by atoms with Crippen LogP contribution in [0, 0.1) is 11.3 Å². The molecule has 1 atom stereocenters. The van der Waals surface area contributed by atoms with Crippen molar-refractivity contribution in [3.05, 3.63) is 34.4 Å². The number of hydrogen-bond acceptors (Lipinski definition) is 0. The van der Waals surface area contributed by atoms with Gasteiger partial charge >= 0.3 is 0 Å². The SMILES string of the molecule is CC1=CCC2CCC(C)=C(CCC(C)=CCC1)C2(C)C. The molecule has 0 N–H and O–H groups in total. The topological polar surface area (TPSA) is 0 Å². The molecule has 0 aliphatic heterocycles. The minimum atomic E-state index is 0.387. The van der Waals surface area contributed by atoms with E-state index in [2.05, 4.69) is 46.8 Å². The first kappa shape index (κ1) is 15.6. The molecular weight excluding hydrogens is 240 g/mol. The second-order valence-electron chi connectivity index (χ2n) is 7.59. The average molecular weight is 272 g/mol. The molecule has 0 aromatic carbocycles. The van der Waals surface area contributed by atoms with Gasteiger partial charge in [0.15, 0.2) is 0 Å². The van der Waals surface area contributed by atoms with Crippen LogP contribution >= 0.6 is 0 Å². The summed E-state index contributed by atoms with van der Waals surface area (Å²) in [5.74, 6) is 0.833. The highest BCUT2D eigenvalue weighted by atomic mass is 14.4. The molecule has 20 heavy (non-hydrogen) atoms. The first-order valence-electron chi connectivity index (χ1n) is 8.41. The molecule has 0 spiro atoms. The van der Waals surface area contributed by atoms with Crippen LogP contribution in [-0.2, 0) is 0 Å². The molecule has 0 heterocycles. The largest absolute Gasteiger partial charge is 0.0853 e. The summed E-state index contributed by atoms with van der Waals surface area (Å²) in [4.78, 5) is 0. The molecule has 1 unspecified atom stereocenters. The standard InChI is InChI=1S/C20H32/c1-15-7-6-8-16(2)10-14-19-17(3)11-13-18(12-9-15)20(19,4)5/h8-9,18H,6-7,10-14H2,1-5H3. The third-order valence-electron chi connectivity index (χ3n) is 5.73. The van der Waals surface area contributed by atoms with Crippen LogP contribution in [0.15, 0.2) is 34.4 Å². The highest BCUT2D eigenvalue weighted by Gasteiger charge is 2.36. The van der Waals surface area contributed by atoms with E-state index in [0.717, 1.165) is 5.92 Å². The minimum absolute atomic E-state index is 0.387. The lowest BCUT2D eigenvalue weighted by atomic mass is 9.63. The van der Waals surface area contributed by atoms with E-state index in [1.54, 1.807) is 22.3 Å². The van der Waals surface area contributed by atoms with Crippen molar-refractivity contribution in [3.63, 3.8) is 0 Å². The lowest BCUT2D eigenvalue weighted by molar-refractivity contribution is 0.223. The van der Waals surface area contributed by atoms with E-state index < -0.39 is 0 Å². The molecule has 2 rings (SSSR count). The van der Waals surface area contributed by atoms with Gasteiger partial charge in [0.05, 0.1) is 0 Å². The van der Waals surface area contributed by atoms with Crippen molar-refractivity contribution < 1.29 is 0 Å². The van der Waals surface area contributed by atoms with Crippen LogP contribution in [0.5, 0.6) is 0 Å². The Labute approximate surface area is 126 Å². The van der Waals surface area contributed by atoms with E-state index in [4.69, 9.17) is 0 Å². The number of allylic oxidation sites excluding steroid dienone is 6. The van der Waals surface area contributed by atoms with Gasteiger partial charge in [0.2, 0.25) is 0 Å². The Kier molecular flexibility index (Phi) is 4.94. The van der Waals surface area contributed by atoms with Crippen molar-refractivity contribution >= 4 is 0 Å². The predicted octanol–water partition coefficient (Wildman–Crippen LogP) is 6.60. The van der Waals surface area contributed by atoms with Gasteiger partial charge in [-0.3, -0.25) is 0 Å². The van der Waals surface area contributed by atoms with Crippen LogP contribution in [-0.4, -0.2) is 0 Å². The van der Waals surface area contributed by atoms with E-state index >= 15 is 0 Å². The zero-order valence-electron chi connectivity index (χ0n) is 14.2. The second-order valence-corrected chi connectivity index (χ2v) is 7.59. The Morgan fingerprint density at radius 2 is 1.60 bits per heavy atom. The van der Waals surface area contributed by atoms with E-state index in [1.807, 2.05) is 0 Å². The average Bonchev–Trinajstić information content (AvgIpc) is 2.36. The Morgan fingerprint density at radius 1 is 0.900 bits per heavy atom. The molecule has 0 saturated carbocycles. The Balaban J connectivity index is 2.32. The van der Waals surface area contributed by atoms with Gasteiger partial charge in [-0.25, -0.2) is 0 Å². The zero-order valence-corrected chi connectivity index (χ0v) is 14.2. The first-order valence-corrected chi connectivity index (χ1v) is 8.41. The number of fused-ring (bicyclic) bond motifs is 2. The van der Waals surface area contributed by atoms with Crippen LogP contribution in [0.25, 0.3) is 0 Å². The maximum Gasteiger partial charge on any atom is -0.0111 e. The van der Waals surface area contributed by atoms with Gasteiger partial charge in [0.1, 0.15) is 0 Å². The molecule has 0 aromatic heterocycles. The molecule has 0 radical (unpaired) electrons. The molecular formula is C20H32. The molecule has 0 heteroatoms. The summed E-state index contributed by atoms with van der Waals surface area (Å²) in [7, 11) is 0. The van der Waals surface area contributed by atoms with Crippen LogP contribution in [0.2, 0.25) is 0 Å². The van der Waals surface area contributed by atoms with Crippen molar-refractivity contribution in [1.29, 1.82) is 0 Å². The summed E-state index contributed by atoms with van der Waals surface area (Å²) in [6.45, 7) is 12.0.